The Morgan fingerprint density at radius 1 is 1.38 bits per heavy atom. The first-order chi connectivity index (χ1) is 7.35. The van der Waals surface area contributed by atoms with Crippen molar-refractivity contribution in [3.05, 3.63) is 0 Å². The van der Waals surface area contributed by atoms with Gasteiger partial charge in [-0.25, -0.2) is 0 Å². The van der Waals surface area contributed by atoms with Crippen LogP contribution in [0.15, 0.2) is 0 Å². The van der Waals surface area contributed by atoms with Crippen molar-refractivity contribution >= 4 is 5.78 Å². The largest absolute Gasteiger partial charge is 0.301 e. The SMILES string of the molecule is CCC1(C)CC(=O)C(C)C(C)(CC)N1OC. The molecule has 0 aromatic carbocycles. The van der Waals surface area contributed by atoms with Crippen LogP contribution in [-0.4, -0.2) is 29.0 Å². The van der Waals surface area contributed by atoms with Gasteiger partial charge in [-0.15, -0.1) is 0 Å². The quantitative estimate of drug-likeness (QED) is 0.742. The molecule has 94 valence electrons. The molecule has 1 fully saturated rings. The summed E-state index contributed by atoms with van der Waals surface area (Å²) in [6.07, 6.45) is 2.44. The maximum Gasteiger partial charge on any atom is 0.139 e. The van der Waals surface area contributed by atoms with Crippen molar-refractivity contribution in [3.8, 4) is 0 Å². The van der Waals surface area contributed by atoms with E-state index in [0.29, 0.717) is 12.2 Å². The lowest BCUT2D eigenvalue weighted by Crippen LogP contribution is -2.66. The van der Waals surface area contributed by atoms with Gasteiger partial charge in [0.25, 0.3) is 0 Å². The predicted octanol–water partition coefficient (Wildman–Crippen LogP) is 2.80. The molecule has 0 N–H and O–H groups in total. The van der Waals surface area contributed by atoms with Gasteiger partial charge in [0.2, 0.25) is 0 Å². The molecular weight excluding hydrogens is 202 g/mol. The maximum absolute atomic E-state index is 12.1. The van der Waals surface area contributed by atoms with Crippen LogP contribution in [-0.2, 0) is 9.63 Å². The van der Waals surface area contributed by atoms with E-state index in [1.54, 1.807) is 7.11 Å². The zero-order valence-corrected chi connectivity index (χ0v) is 11.5. The molecule has 3 atom stereocenters. The van der Waals surface area contributed by atoms with Gasteiger partial charge in [0.05, 0.1) is 18.2 Å². The number of ketones is 1. The van der Waals surface area contributed by atoms with Crippen LogP contribution in [0, 0.1) is 5.92 Å². The Bertz CT molecular complexity index is 279. The van der Waals surface area contributed by atoms with Gasteiger partial charge in [-0.05, 0) is 26.7 Å². The molecule has 0 aliphatic carbocycles. The maximum atomic E-state index is 12.1. The number of Topliss-reactive ketones (excluding diaryl/α,β-unsaturated/α-hetero) is 1. The van der Waals surface area contributed by atoms with E-state index in [1.165, 1.54) is 0 Å². The first-order valence-electron chi connectivity index (χ1n) is 6.23. The highest BCUT2D eigenvalue weighted by Gasteiger charge is 2.53. The fourth-order valence-electron chi connectivity index (χ4n) is 2.89. The highest BCUT2D eigenvalue weighted by atomic mass is 16.7. The molecule has 3 unspecified atom stereocenters. The third-order valence-electron chi connectivity index (χ3n) is 4.59. The molecular formula is C13H25NO2. The zero-order chi connectivity index (χ0) is 12.6. The van der Waals surface area contributed by atoms with Crippen LogP contribution in [0.2, 0.25) is 0 Å². The number of hydrogen-bond acceptors (Lipinski definition) is 3. The molecule has 1 heterocycles. The lowest BCUT2D eigenvalue weighted by molar-refractivity contribution is -0.279. The van der Waals surface area contributed by atoms with Gasteiger partial charge in [0.15, 0.2) is 0 Å². The number of carbonyl (C=O) groups excluding carboxylic acids is 1. The van der Waals surface area contributed by atoms with Gasteiger partial charge in [-0.2, -0.15) is 5.06 Å². The Kier molecular flexibility index (Phi) is 3.80. The number of hydrogen-bond donors (Lipinski definition) is 0. The lowest BCUT2D eigenvalue weighted by Gasteiger charge is -2.55. The average Bonchev–Trinajstić information content (AvgIpc) is 2.26. The van der Waals surface area contributed by atoms with Gasteiger partial charge in [-0.3, -0.25) is 4.79 Å². The standard InChI is InChI=1S/C13H25NO2/c1-7-12(4)9-11(15)10(3)13(5,8-2)14(12)16-6/h10H,7-9H2,1-6H3. The molecule has 16 heavy (non-hydrogen) atoms. The van der Waals surface area contributed by atoms with E-state index in [1.807, 2.05) is 6.92 Å². The number of rotatable bonds is 3. The van der Waals surface area contributed by atoms with Crippen molar-refractivity contribution in [2.24, 2.45) is 5.92 Å². The van der Waals surface area contributed by atoms with Crippen LogP contribution in [0.4, 0.5) is 0 Å². The van der Waals surface area contributed by atoms with Crippen molar-refractivity contribution in [2.45, 2.75) is 65.0 Å². The van der Waals surface area contributed by atoms with Gasteiger partial charge >= 0.3 is 0 Å². The second kappa shape index (κ2) is 4.46. The minimum Gasteiger partial charge on any atom is -0.301 e. The third kappa shape index (κ3) is 1.80. The van der Waals surface area contributed by atoms with E-state index in [0.717, 1.165) is 12.8 Å². The molecule has 0 amide bonds. The van der Waals surface area contributed by atoms with E-state index >= 15 is 0 Å². The highest BCUT2D eigenvalue weighted by Crippen LogP contribution is 2.43. The van der Waals surface area contributed by atoms with Crippen LogP contribution >= 0.6 is 0 Å². The Morgan fingerprint density at radius 2 is 1.94 bits per heavy atom. The summed E-state index contributed by atoms with van der Waals surface area (Å²) >= 11 is 0. The molecule has 1 rings (SSSR count). The van der Waals surface area contributed by atoms with E-state index in [-0.39, 0.29) is 17.0 Å². The molecule has 3 nitrogen and oxygen atoms in total. The van der Waals surface area contributed by atoms with Crippen molar-refractivity contribution < 1.29 is 9.63 Å². The summed E-state index contributed by atoms with van der Waals surface area (Å²) in [5, 5.41) is 2.06. The Hall–Kier alpha value is -0.410. The number of piperidine rings is 1. The number of carbonyl (C=O) groups is 1. The van der Waals surface area contributed by atoms with Gasteiger partial charge < -0.3 is 4.84 Å². The molecule has 0 aromatic heterocycles. The van der Waals surface area contributed by atoms with E-state index in [9.17, 15) is 4.79 Å². The first kappa shape index (κ1) is 13.7. The Balaban J connectivity index is 3.17. The molecule has 3 heteroatoms. The van der Waals surface area contributed by atoms with Crippen molar-refractivity contribution in [1.82, 2.24) is 5.06 Å². The van der Waals surface area contributed by atoms with E-state index in [2.05, 4.69) is 32.8 Å². The summed E-state index contributed by atoms with van der Waals surface area (Å²) in [7, 11) is 1.71. The Morgan fingerprint density at radius 3 is 2.31 bits per heavy atom. The number of hydroxylamine groups is 2. The normalized spacial score (nSPS) is 41.4. The molecule has 0 saturated carbocycles. The molecule has 1 saturated heterocycles. The summed E-state index contributed by atoms with van der Waals surface area (Å²) in [6.45, 7) is 10.5. The summed E-state index contributed by atoms with van der Waals surface area (Å²) in [4.78, 5) is 17.7. The fraction of sp³-hybridized carbons (Fsp3) is 0.923. The average molecular weight is 227 g/mol. The van der Waals surface area contributed by atoms with Crippen molar-refractivity contribution in [2.75, 3.05) is 7.11 Å². The topological polar surface area (TPSA) is 29.5 Å². The van der Waals surface area contributed by atoms with Crippen molar-refractivity contribution in [3.63, 3.8) is 0 Å². The molecule has 1 aliphatic rings. The van der Waals surface area contributed by atoms with Crippen LogP contribution in [0.25, 0.3) is 0 Å². The summed E-state index contributed by atoms with van der Waals surface area (Å²) in [5.41, 5.74) is -0.349. The minimum atomic E-state index is -0.186. The van der Waals surface area contributed by atoms with Crippen molar-refractivity contribution in [1.29, 1.82) is 0 Å². The molecule has 0 bridgehead atoms. The smallest absolute Gasteiger partial charge is 0.139 e. The third-order valence-corrected chi connectivity index (χ3v) is 4.59. The minimum absolute atomic E-state index is 0.0390. The summed E-state index contributed by atoms with van der Waals surface area (Å²) in [6, 6.07) is 0. The zero-order valence-electron chi connectivity index (χ0n) is 11.5. The first-order valence-corrected chi connectivity index (χ1v) is 6.23. The van der Waals surface area contributed by atoms with Crippen LogP contribution in [0.5, 0.6) is 0 Å². The summed E-state index contributed by atoms with van der Waals surface area (Å²) in [5.74, 6) is 0.402. The van der Waals surface area contributed by atoms with Crippen LogP contribution in [0.3, 0.4) is 0 Å². The monoisotopic (exact) mass is 227 g/mol. The van der Waals surface area contributed by atoms with Gasteiger partial charge in [0, 0.05) is 12.3 Å². The second-order valence-corrected chi connectivity index (χ2v) is 5.40. The van der Waals surface area contributed by atoms with Gasteiger partial charge in [0.1, 0.15) is 5.78 Å². The molecule has 1 aliphatic heterocycles. The highest BCUT2D eigenvalue weighted by molar-refractivity contribution is 5.84. The Labute approximate surface area is 99.1 Å². The lowest BCUT2D eigenvalue weighted by atomic mass is 9.70. The molecule has 0 radical (unpaired) electrons. The fourth-order valence-corrected chi connectivity index (χ4v) is 2.89. The van der Waals surface area contributed by atoms with Gasteiger partial charge in [-0.1, -0.05) is 20.8 Å². The number of nitrogens with zero attached hydrogens (tertiary/aromatic N) is 1. The second-order valence-electron chi connectivity index (χ2n) is 5.40. The molecule has 0 spiro atoms. The van der Waals surface area contributed by atoms with E-state index in [4.69, 9.17) is 4.84 Å². The summed E-state index contributed by atoms with van der Waals surface area (Å²) < 4.78 is 0. The predicted molar refractivity (Wildman–Crippen MR) is 65.0 cm³/mol. The molecule has 0 aromatic rings. The van der Waals surface area contributed by atoms with E-state index < -0.39 is 0 Å². The van der Waals surface area contributed by atoms with Crippen LogP contribution in [0.1, 0.15) is 53.9 Å². The van der Waals surface area contributed by atoms with Crippen LogP contribution < -0.4 is 0 Å².